The minimum atomic E-state index is -2.89. The van der Waals surface area contributed by atoms with Crippen molar-refractivity contribution in [2.75, 3.05) is 5.32 Å². The third-order valence-corrected chi connectivity index (χ3v) is 4.76. The summed E-state index contributed by atoms with van der Waals surface area (Å²) in [6, 6.07) is -1.63. The fraction of sp³-hybridized carbons (Fsp3) is 0.438. The molecule has 1 amide bonds. The van der Waals surface area contributed by atoms with E-state index in [1.165, 1.54) is 10.9 Å². The van der Waals surface area contributed by atoms with E-state index in [0.29, 0.717) is 5.56 Å². The van der Waals surface area contributed by atoms with Gasteiger partial charge in [0.1, 0.15) is 0 Å². The Balaban J connectivity index is 1.78. The molecule has 2 atom stereocenters. The number of nitrogens with one attached hydrogen (secondary N) is 2. The number of hydrogen-bond acceptors (Lipinski definition) is 5. The first kappa shape index (κ1) is 16.8. The van der Waals surface area contributed by atoms with Crippen LogP contribution in [0.1, 0.15) is 28.8 Å². The SMILES string of the molecule is Cn1cc(-c2nc(NC3CC(F)(F)CC3N)c(F)c3c2C(=O)NC3)cn1. The van der Waals surface area contributed by atoms with Crippen LogP contribution < -0.4 is 16.4 Å². The Kier molecular flexibility index (Phi) is 3.69. The average molecular weight is 366 g/mol. The zero-order valence-corrected chi connectivity index (χ0v) is 13.9. The van der Waals surface area contributed by atoms with Crippen LogP contribution in [0.5, 0.6) is 0 Å². The second-order valence-electron chi connectivity index (χ2n) is 6.74. The van der Waals surface area contributed by atoms with Gasteiger partial charge in [-0.15, -0.1) is 0 Å². The number of hydrogen-bond donors (Lipinski definition) is 3. The van der Waals surface area contributed by atoms with Crippen LogP contribution in [-0.2, 0) is 13.6 Å². The van der Waals surface area contributed by atoms with E-state index in [9.17, 15) is 18.0 Å². The van der Waals surface area contributed by atoms with Crippen molar-refractivity contribution in [1.29, 1.82) is 0 Å². The van der Waals surface area contributed by atoms with E-state index in [4.69, 9.17) is 5.73 Å². The number of carbonyl (C=O) groups excluding carboxylic acids is 1. The van der Waals surface area contributed by atoms with Crippen LogP contribution in [0.3, 0.4) is 0 Å². The van der Waals surface area contributed by atoms with Crippen molar-refractivity contribution >= 4 is 11.7 Å². The smallest absolute Gasteiger partial charge is 0.254 e. The lowest BCUT2D eigenvalue weighted by Crippen LogP contribution is -2.36. The predicted octanol–water partition coefficient (Wildman–Crippen LogP) is 1.40. The molecule has 4 N–H and O–H groups in total. The highest BCUT2D eigenvalue weighted by molar-refractivity contribution is 6.04. The molecule has 7 nitrogen and oxygen atoms in total. The lowest BCUT2D eigenvalue weighted by Gasteiger charge is -2.19. The normalized spacial score (nSPS) is 23.8. The molecule has 0 bridgehead atoms. The van der Waals surface area contributed by atoms with Crippen LogP contribution in [0.15, 0.2) is 12.4 Å². The van der Waals surface area contributed by atoms with E-state index in [1.54, 1.807) is 13.2 Å². The molecule has 0 radical (unpaired) electrons. The van der Waals surface area contributed by atoms with Crippen molar-refractivity contribution < 1.29 is 18.0 Å². The number of halogens is 3. The molecule has 2 aromatic heterocycles. The van der Waals surface area contributed by atoms with Crippen LogP contribution in [-0.4, -0.2) is 38.7 Å². The Bertz CT molecular complexity index is 896. The Morgan fingerprint density at radius 2 is 2.19 bits per heavy atom. The number of alkyl halides is 2. The first-order chi connectivity index (χ1) is 12.2. The molecule has 2 unspecified atom stereocenters. The van der Waals surface area contributed by atoms with Crippen LogP contribution in [0, 0.1) is 5.82 Å². The Morgan fingerprint density at radius 1 is 1.42 bits per heavy atom. The molecular formula is C16H17F3N6O. The molecule has 26 heavy (non-hydrogen) atoms. The van der Waals surface area contributed by atoms with Gasteiger partial charge in [-0.25, -0.2) is 18.2 Å². The van der Waals surface area contributed by atoms with Gasteiger partial charge in [-0.1, -0.05) is 0 Å². The number of aryl methyl sites for hydroxylation is 1. The summed E-state index contributed by atoms with van der Waals surface area (Å²) in [5, 5.41) is 9.33. The Morgan fingerprint density at radius 3 is 2.81 bits per heavy atom. The average Bonchev–Trinajstić information content (AvgIpc) is 3.21. The summed E-state index contributed by atoms with van der Waals surface area (Å²) in [5.41, 5.74) is 6.85. The number of nitrogens with zero attached hydrogens (tertiary/aromatic N) is 3. The number of pyridine rings is 1. The first-order valence-electron chi connectivity index (χ1n) is 8.15. The van der Waals surface area contributed by atoms with Crippen LogP contribution in [0.25, 0.3) is 11.3 Å². The molecule has 1 saturated carbocycles. The monoisotopic (exact) mass is 366 g/mol. The quantitative estimate of drug-likeness (QED) is 0.763. The number of anilines is 1. The highest BCUT2D eigenvalue weighted by atomic mass is 19.3. The van der Waals surface area contributed by atoms with Crippen molar-refractivity contribution in [3.8, 4) is 11.3 Å². The molecule has 10 heteroatoms. The zero-order valence-electron chi connectivity index (χ0n) is 13.9. The standard InChI is InChI=1S/C16H17F3N6O/c1-25-6-7(4-22-25)13-11-8(5-21-15(11)26)12(17)14(24-13)23-10-3-16(18,19)2-9(10)20/h4,6,9-10H,2-3,5,20H2,1H3,(H,21,26)(H,23,24). The predicted molar refractivity (Wildman–Crippen MR) is 87.1 cm³/mol. The number of carbonyl (C=O) groups is 1. The number of nitrogens with two attached hydrogens (primary N) is 1. The molecule has 0 saturated heterocycles. The maximum absolute atomic E-state index is 14.9. The van der Waals surface area contributed by atoms with Gasteiger partial charge in [0.2, 0.25) is 0 Å². The summed E-state index contributed by atoms with van der Waals surface area (Å²) < 4.78 is 43.5. The first-order valence-corrected chi connectivity index (χ1v) is 8.15. The highest BCUT2D eigenvalue weighted by Crippen LogP contribution is 2.37. The summed E-state index contributed by atoms with van der Waals surface area (Å²) in [4.78, 5) is 16.4. The molecule has 1 fully saturated rings. The molecule has 2 aromatic rings. The number of fused-ring (bicyclic) bond motifs is 1. The largest absolute Gasteiger partial charge is 0.363 e. The minimum absolute atomic E-state index is 0.0113. The lowest BCUT2D eigenvalue weighted by atomic mass is 10.0. The molecule has 1 aliphatic heterocycles. The van der Waals surface area contributed by atoms with E-state index >= 15 is 0 Å². The summed E-state index contributed by atoms with van der Waals surface area (Å²) in [6.07, 6.45) is 2.19. The van der Waals surface area contributed by atoms with Crippen molar-refractivity contribution in [2.45, 2.75) is 37.4 Å². The zero-order chi connectivity index (χ0) is 18.6. The maximum Gasteiger partial charge on any atom is 0.254 e. The fourth-order valence-electron chi connectivity index (χ4n) is 3.51. The van der Waals surface area contributed by atoms with Gasteiger partial charge in [-0.2, -0.15) is 5.10 Å². The van der Waals surface area contributed by atoms with Crippen LogP contribution in [0.4, 0.5) is 19.0 Å². The van der Waals surface area contributed by atoms with Gasteiger partial charge >= 0.3 is 0 Å². The summed E-state index contributed by atoms with van der Waals surface area (Å²) in [5.74, 6) is -4.24. The Hall–Kier alpha value is -2.62. The van der Waals surface area contributed by atoms with Gasteiger partial charge in [0.15, 0.2) is 11.6 Å². The lowest BCUT2D eigenvalue weighted by molar-refractivity contribution is 0.00733. The van der Waals surface area contributed by atoms with E-state index in [1.807, 2.05) is 0 Å². The Labute approximate surface area is 146 Å². The van der Waals surface area contributed by atoms with Gasteiger partial charge in [-0.3, -0.25) is 9.48 Å². The van der Waals surface area contributed by atoms with E-state index in [-0.39, 0.29) is 29.2 Å². The maximum atomic E-state index is 14.9. The molecule has 3 heterocycles. The molecule has 0 aromatic carbocycles. The van der Waals surface area contributed by atoms with Gasteiger partial charge < -0.3 is 16.4 Å². The van der Waals surface area contributed by atoms with Gasteiger partial charge in [0, 0.05) is 55.8 Å². The van der Waals surface area contributed by atoms with Crippen molar-refractivity contribution in [3.05, 3.63) is 29.3 Å². The van der Waals surface area contributed by atoms with Gasteiger partial charge in [0.25, 0.3) is 11.8 Å². The number of rotatable bonds is 3. The number of amides is 1. The fourth-order valence-corrected chi connectivity index (χ4v) is 3.51. The summed E-state index contributed by atoms with van der Waals surface area (Å²) >= 11 is 0. The highest BCUT2D eigenvalue weighted by Gasteiger charge is 2.45. The van der Waals surface area contributed by atoms with Crippen molar-refractivity contribution in [1.82, 2.24) is 20.1 Å². The minimum Gasteiger partial charge on any atom is -0.363 e. The summed E-state index contributed by atoms with van der Waals surface area (Å²) in [6.45, 7) is 0.0113. The molecule has 4 rings (SSSR count). The molecule has 1 aliphatic carbocycles. The summed E-state index contributed by atoms with van der Waals surface area (Å²) in [7, 11) is 1.70. The topological polar surface area (TPSA) is 97.9 Å². The van der Waals surface area contributed by atoms with E-state index in [0.717, 1.165) is 0 Å². The van der Waals surface area contributed by atoms with Crippen LogP contribution >= 0.6 is 0 Å². The van der Waals surface area contributed by atoms with Gasteiger partial charge in [0.05, 0.1) is 17.5 Å². The molecule has 138 valence electrons. The molecule has 0 spiro atoms. The van der Waals surface area contributed by atoms with Gasteiger partial charge in [-0.05, 0) is 0 Å². The second-order valence-corrected chi connectivity index (χ2v) is 6.74. The third kappa shape index (κ3) is 2.70. The third-order valence-electron chi connectivity index (χ3n) is 4.76. The van der Waals surface area contributed by atoms with E-state index < -0.39 is 42.6 Å². The number of aromatic nitrogens is 3. The second kappa shape index (κ2) is 5.70. The van der Waals surface area contributed by atoms with Crippen molar-refractivity contribution in [3.63, 3.8) is 0 Å². The van der Waals surface area contributed by atoms with Crippen molar-refractivity contribution in [2.24, 2.45) is 12.8 Å². The molecule has 2 aliphatic rings. The molecular weight excluding hydrogens is 349 g/mol. The van der Waals surface area contributed by atoms with E-state index in [2.05, 4.69) is 20.7 Å². The van der Waals surface area contributed by atoms with Crippen LogP contribution in [0.2, 0.25) is 0 Å².